The molecule has 0 atom stereocenters. The van der Waals surface area contributed by atoms with E-state index in [2.05, 4.69) is 10.1 Å². The van der Waals surface area contributed by atoms with Gasteiger partial charge in [0, 0.05) is 32.0 Å². The largest absolute Gasteiger partial charge is 0.384 e. The van der Waals surface area contributed by atoms with E-state index in [9.17, 15) is 0 Å². The second-order valence-corrected chi connectivity index (χ2v) is 5.66. The van der Waals surface area contributed by atoms with Gasteiger partial charge in [-0.05, 0) is 12.8 Å². The highest BCUT2D eigenvalue weighted by Crippen LogP contribution is 2.39. The zero-order chi connectivity index (χ0) is 14.9. The van der Waals surface area contributed by atoms with E-state index >= 15 is 0 Å². The number of nitrogens with two attached hydrogens (primary N) is 1. The average molecular weight is 287 g/mol. The van der Waals surface area contributed by atoms with E-state index in [4.69, 9.17) is 15.5 Å². The Kier molecular flexibility index (Phi) is 3.63. The van der Waals surface area contributed by atoms with E-state index in [1.807, 2.05) is 13.2 Å². The van der Waals surface area contributed by atoms with Gasteiger partial charge >= 0.3 is 0 Å². The van der Waals surface area contributed by atoms with Crippen molar-refractivity contribution in [2.24, 2.45) is 7.05 Å². The molecule has 112 valence electrons. The Bertz CT molecular complexity index is 631. The normalized spacial score (nSPS) is 17.8. The van der Waals surface area contributed by atoms with E-state index in [0.717, 1.165) is 36.9 Å². The summed E-state index contributed by atoms with van der Waals surface area (Å²) in [5, 5.41) is 4.19. The van der Waals surface area contributed by atoms with Crippen molar-refractivity contribution in [3.05, 3.63) is 24.3 Å². The lowest BCUT2D eigenvalue weighted by atomic mass is 9.84. The maximum atomic E-state index is 5.99. The molecule has 0 aromatic carbocycles. The van der Waals surface area contributed by atoms with Gasteiger partial charge in [0.2, 0.25) is 0 Å². The Labute approximate surface area is 124 Å². The van der Waals surface area contributed by atoms with E-state index in [-0.39, 0.29) is 0 Å². The maximum Gasteiger partial charge on any atom is 0.163 e. The molecule has 0 saturated heterocycles. The molecule has 1 aliphatic carbocycles. The van der Waals surface area contributed by atoms with Gasteiger partial charge in [0.05, 0.1) is 11.9 Å². The number of hydrogen-bond acceptors (Lipinski definition) is 5. The molecule has 3 rings (SSSR count). The second kappa shape index (κ2) is 5.44. The van der Waals surface area contributed by atoms with Gasteiger partial charge in [-0.15, -0.1) is 0 Å². The van der Waals surface area contributed by atoms with Crippen LogP contribution >= 0.6 is 0 Å². The fraction of sp³-hybridized carbons (Fsp3) is 0.533. The van der Waals surface area contributed by atoms with Gasteiger partial charge in [-0.3, -0.25) is 4.68 Å². The molecule has 2 N–H and O–H groups in total. The predicted molar refractivity (Wildman–Crippen MR) is 80.4 cm³/mol. The Hall–Kier alpha value is -1.95. The lowest BCUT2D eigenvalue weighted by Gasteiger charge is -2.34. The first-order valence-corrected chi connectivity index (χ1v) is 7.32. The monoisotopic (exact) mass is 287 g/mol. The van der Waals surface area contributed by atoms with Crippen LogP contribution in [0, 0.1) is 0 Å². The first kappa shape index (κ1) is 14.0. The van der Waals surface area contributed by atoms with Crippen LogP contribution in [0.3, 0.4) is 0 Å². The van der Waals surface area contributed by atoms with Crippen LogP contribution < -0.4 is 5.73 Å². The summed E-state index contributed by atoms with van der Waals surface area (Å²) in [7, 11) is 3.62. The minimum Gasteiger partial charge on any atom is -0.384 e. The number of nitrogen functional groups attached to an aromatic ring is 1. The number of anilines is 1. The first-order valence-electron chi connectivity index (χ1n) is 7.32. The van der Waals surface area contributed by atoms with Crippen LogP contribution in [0.4, 0.5) is 5.82 Å². The summed E-state index contributed by atoms with van der Waals surface area (Å²) in [6.07, 6.45) is 9.10. The minimum atomic E-state index is -0.398. The topological polar surface area (TPSA) is 78.9 Å². The van der Waals surface area contributed by atoms with Crippen molar-refractivity contribution >= 4 is 5.82 Å². The van der Waals surface area contributed by atoms with Crippen LogP contribution in [-0.4, -0.2) is 26.9 Å². The summed E-state index contributed by atoms with van der Waals surface area (Å²) in [5.41, 5.74) is 7.33. The van der Waals surface area contributed by atoms with E-state index in [1.54, 1.807) is 24.1 Å². The van der Waals surface area contributed by atoms with Crippen LogP contribution in [0.25, 0.3) is 11.3 Å². The molecule has 2 heterocycles. The standard InChI is InChI=1S/C15H21N5O/c1-20-10-11(9-17-20)12-8-13(16)19-14(18-12)15(21-2)6-4-3-5-7-15/h8-10H,3-7H2,1-2H3,(H2,16,18,19). The number of ether oxygens (including phenoxy) is 1. The van der Waals surface area contributed by atoms with Crippen molar-refractivity contribution < 1.29 is 4.74 Å². The first-order chi connectivity index (χ1) is 10.1. The fourth-order valence-electron chi connectivity index (χ4n) is 3.01. The summed E-state index contributed by atoms with van der Waals surface area (Å²) < 4.78 is 7.56. The van der Waals surface area contributed by atoms with Gasteiger partial charge < -0.3 is 10.5 Å². The van der Waals surface area contributed by atoms with E-state index < -0.39 is 5.60 Å². The van der Waals surface area contributed by atoms with Crippen LogP contribution in [0.5, 0.6) is 0 Å². The lowest BCUT2D eigenvalue weighted by Crippen LogP contribution is -2.33. The Morgan fingerprint density at radius 1 is 1.24 bits per heavy atom. The fourth-order valence-corrected chi connectivity index (χ4v) is 3.01. The molecule has 0 radical (unpaired) electrons. The average Bonchev–Trinajstić information content (AvgIpc) is 2.94. The van der Waals surface area contributed by atoms with Crippen molar-refractivity contribution in [3.63, 3.8) is 0 Å². The number of rotatable bonds is 3. The van der Waals surface area contributed by atoms with Crippen LogP contribution in [0.15, 0.2) is 18.5 Å². The van der Waals surface area contributed by atoms with Crippen molar-refractivity contribution in [3.8, 4) is 11.3 Å². The van der Waals surface area contributed by atoms with Crippen molar-refractivity contribution in [2.75, 3.05) is 12.8 Å². The van der Waals surface area contributed by atoms with E-state index in [1.165, 1.54) is 6.42 Å². The highest BCUT2D eigenvalue weighted by atomic mass is 16.5. The number of nitrogens with zero attached hydrogens (tertiary/aromatic N) is 4. The third kappa shape index (κ3) is 2.63. The van der Waals surface area contributed by atoms with Crippen molar-refractivity contribution in [1.82, 2.24) is 19.7 Å². The van der Waals surface area contributed by atoms with Crippen LogP contribution in [0.2, 0.25) is 0 Å². The van der Waals surface area contributed by atoms with Crippen molar-refractivity contribution in [1.29, 1.82) is 0 Å². The minimum absolute atomic E-state index is 0.398. The van der Waals surface area contributed by atoms with Gasteiger partial charge in [-0.1, -0.05) is 19.3 Å². The van der Waals surface area contributed by atoms with Gasteiger partial charge in [0.15, 0.2) is 5.82 Å². The third-order valence-electron chi connectivity index (χ3n) is 4.21. The molecule has 0 unspecified atom stereocenters. The van der Waals surface area contributed by atoms with Gasteiger partial charge in [0.25, 0.3) is 0 Å². The molecule has 1 saturated carbocycles. The molecule has 0 amide bonds. The molecule has 2 aromatic rings. The maximum absolute atomic E-state index is 5.99. The molecule has 6 heteroatoms. The molecule has 1 fully saturated rings. The summed E-state index contributed by atoms with van der Waals surface area (Å²) in [6, 6.07) is 1.78. The number of aromatic nitrogens is 4. The number of hydrogen-bond donors (Lipinski definition) is 1. The van der Waals surface area contributed by atoms with Gasteiger partial charge in [-0.2, -0.15) is 5.10 Å². The van der Waals surface area contributed by atoms with Crippen molar-refractivity contribution in [2.45, 2.75) is 37.7 Å². The molecular weight excluding hydrogens is 266 g/mol. The summed E-state index contributed by atoms with van der Waals surface area (Å²) in [5.74, 6) is 1.17. The van der Waals surface area contributed by atoms with Crippen LogP contribution in [0.1, 0.15) is 37.9 Å². The molecule has 0 bridgehead atoms. The Morgan fingerprint density at radius 2 is 2.00 bits per heavy atom. The molecular formula is C15H21N5O. The molecule has 21 heavy (non-hydrogen) atoms. The van der Waals surface area contributed by atoms with Gasteiger partial charge in [-0.25, -0.2) is 9.97 Å². The summed E-state index contributed by atoms with van der Waals surface area (Å²) >= 11 is 0. The highest BCUT2D eigenvalue weighted by molar-refractivity contribution is 5.60. The molecule has 0 spiro atoms. The Balaban J connectivity index is 2.04. The zero-order valence-electron chi connectivity index (χ0n) is 12.5. The predicted octanol–water partition coefficient (Wildman–Crippen LogP) is 2.27. The lowest BCUT2D eigenvalue weighted by molar-refractivity contribution is -0.0513. The summed E-state index contributed by atoms with van der Waals surface area (Å²) in [4.78, 5) is 9.16. The van der Waals surface area contributed by atoms with Gasteiger partial charge in [0.1, 0.15) is 11.4 Å². The summed E-state index contributed by atoms with van der Waals surface area (Å²) in [6.45, 7) is 0. The van der Waals surface area contributed by atoms with E-state index in [0.29, 0.717) is 11.6 Å². The Morgan fingerprint density at radius 3 is 2.62 bits per heavy atom. The van der Waals surface area contributed by atoms with Crippen LogP contribution in [-0.2, 0) is 17.4 Å². The molecule has 1 aliphatic rings. The molecule has 0 aliphatic heterocycles. The highest BCUT2D eigenvalue weighted by Gasteiger charge is 2.37. The number of aryl methyl sites for hydroxylation is 1. The third-order valence-corrected chi connectivity index (χ3v) is 4.21. The smallest absolute Gasteiger partial charge is 0.163 e. The number of methoxy groups -OCH3 is 1. The SMILES string of the molecule is COC1(c2nc(N)cc(-c3cnn(C)c3)n2)CCCCC1. The quantitative estimate of drug-likeness (QED) is 0.936. The second-order valence-electron chi connectivity index (χ2n) is 5.66. The zero-order valence-corrected chi connectivity index (χ0v) is 12.5. The molecule has 2 aromatic heterocycles. The molecule has 6 nitrogen and oxygen atoms in total.